The minimum absolute atomic E-state index is 0.118. The van der Waals surface area contributed by atoms with Crippen LogP contribution in [-0.2, 0) is 4.74 Å². The summed E-state index contributed by atoms with van der Waals surface area (Å²) in [5, 5.41) is 2.99. The second-order valence-electron chi connectivity index (χ2n) is 6.74. The van der Waals surface area contributed by atoms with Crippen molar-refractivity contribution >= 4 is 11.7 Å². The van der Waals surface area contributed by atoms with Gasteiger partial charge in [0.15, 0.2) is 5.78 Å². The number of carbonyl (C=O) groups excluding carboxylic acids is 2. The number of amides is 1. The van der Waals surface area contributed by atoms with E-state index in [9.17, 15) is 14.0 Å². The number of Topliss-reactive ketones (excluding diaryl/α,β-unsaturated/α-hetero) is 1. The van der Waals surface area contributed by atoms with Crippen molar-refractivity contribution in [2.24, 2.45) is 0 Å². The number of ketones is 1. The van der Waals surface area contributed by atoms with Gasteiger partial charge in [-0.15, -0.1) is 0 Å². The zero-order chi connectivity index (χ0) is 19.6. The van der Waals surface area contributed by atoms with E-state index in [2.05, 4.69) is 10.3 Å². The summed E-state index contributed by atoms with van der Waals surface area (Å²) in [6.07, 6.45) is 0.143. The lowest BCUT2D eigenvalue weighted by atomic mass is 10.0. The summed E-state index contributed by atoms with van der Waals surface area (Å²) in [6, 6.07) is 5.58. The number of aryl methyl sites for hydroxylation is 1. The van der Waals surface area contributed by atoms with E-state index in [1.54, 1.807) is 26.0 Å². The van der Waals surface area contributed by atoms with Crippen molar-refractivity contribution in [3.05, 3.63) is 52.6 Å². The zero-order valence-electron chi connectivity index (χ0n) is 15.6. The highest BCUT2D eigenvalue weighted by Crippen LogP contribution is 2.21. The van der Waals surface area contributed by atoms with Crippen molar-refractivity contribution in [1.82, 2.24) is 10.3 Å². The molecule has 1 aliphatic heterocycles. The summed E-state index contributed by atoms with van der Waals surface area (Å²) in [7, 11) is 0. The number of benzene rings is 1. The maximum Gasteiger partial charge on any atom is 0.253 e. The van der Waals surface area contributed by atoms with Gasteiger partial charge in [0, 0.05) is 25.3 Å². The number of halogens is 1. The molecule has 1 amide bonds. The molecule has 6 nitrogen and oxygen atoms in total. The first-order valence-electron chi connectivity index (χ1n) is 8.87. The van der Waals surface area contributed by atoms with Crippen molar-refractivity contribution < 1.29 is 23.5 Å². The molecule has 0 spiro atoms. The van der Waals surface area contributed by atoms with Crippen molar-refractivity contribution in [3.63, 3.8) is 0 Å². The third kappa shape index (κ3) is 4.19. The summed E-state index contributed by atoms with van der Waals surface area (Å²) >= 11 is 0. The van der Waals surface area contributed by atoms with E-state index in [0.717, 1.165) is 0 Å². The van der Waals surface area contributed by atoms with Crippen LogP contribution in [0, 0.1) is 19.7 Å². The first-order chi connectivity index (χ1) is 12.9. The minimum atomic E-state index is -0.434. The molecule has 1 saturated heterocycles. The molecule has 0 bridgehead atoms. The van der Waals surface area contributed by atoms with E-state index in [0.29, 0.717) is 47.9 Å². The summed E-state index contributed by atoms with van der Waals surface area (Å²) in [6.45, 7) is 5.77. The highest BCUT2D eigenvalue weighted by Gasteiger charge is 2.31. The van der Waals surface area contributed by atoms with Crippen LogP contribution in [0.1, 0.15) is 45.4 Å². The van der Waals surface area contributed by atoms with Gasteiger partial charge in [0.1, 0.15) is 17.7 Å². The van der Waals surface area contributed by atoms with Gasteiger partial charge < -0.3 is 19.8 Å². The maximum atomic E-state index is 13.4. The standard InChI is InChI=1S/C20H23FN2O4/c1-11-18(12(2)22-19(11)13(3)24)20(25)23-16-7-8-26-10-17(16)27-15-6-4-5-14(21)9-15/h4-6,9,16-17,22H,7-8,10H2,1-3H3,(H,23,25)/t16-,17-/m1/s1. The van der Waals surface area contributed by atoms with E-state index in [-0.39, 0.29) is 23.5 Å². The van der Waals surface area contributed by atoms with Gasteiger partial charge in [-0.05, 0) is 38.0 Å². The molecule has 27 heavy (non-hydrogen) atoms. The normalized spacial score (nSPS) is 19.6. The molecule has 1 fully saturated rings. The Balaban J connectivity index is 1.76. The van der Waals surface area contributed by atoms with Crippen LogP contribution in [0.25, 0.3) is 0 Å². The predicted molar refractivity (Wildman–Crippen MR) is 97.8 cm³/mol. The average Bonchev–Trinajstić information content (AvgIpc) is 2.91. The molecule has 2 N–H and O–H groups in total. The van der Waals surface area contributed by atoms with Gasteiger partial charge in [-0.2, -0.15) is 0 Å². The Morgan fingerprint density at radius 1 is 1.33 bits per heavy atom. The van der Waals surface area contributed by atoms with Crippen LogP contribution in [0.5, 0.6) is 5.75 Å². The molecule has 0 aliphatic carbocycles. The number of rotatable bonds is 5. The maximum absolute atomic E-state index is 13.4. The number of hydrogen-bond donors (Lipinski definition) is 2. The first kappa shape index (κ1) is 19.1. The van der Waals surface area contributed by atoms with Gasteiger partial charge in [0.2, 0.25) is 0 Å². The number of H-pyrrole nitrogens is 1. The monoisotopic (exact) mass is 374 g/mol. The van der Waals surface area contributed by atoms with Gasteiger partial charge in [0.05, 0.1) is 23.9 Å². The molecule has 0 saturated carbocycles. The Hall–Kier alpha value is -2.67. The Labute approximate surface area is 157 Å². The smallest absolute Gasteiger partial charge is 0.253 e. The number of hydrogen-bond acceptors (Lipinski definition) is 4. The molecular formula is C20H23FN2O4. The Morgan fingerprint density at radius 2 is 2.11 bits per heavy atom. The molecular weight excluding hydrogens is 351 g/mol. The van der Waals surface area contributed by atoms with E-state index in [1.165, 1.54) is 19.1 Å². The van der Waals surface area contributed by atoms with Crippen molar-refractivity contribution in [2.45, 2.75) is 39.3 Å². The van der Waals surface area contributed by atoms with Crippen LogP contribution >= 0.6 is 0 Å². The van der Waals surface area contributed by atoms with Gasteiger partial charge in [-0.3, -0.25) is 9.59 Å². The Morgan fingerprint density at radius 3 is 2.78 bits per heavy atom. The lowest BCUT2D eigenvalue weighted by molar-refractivity contribution is -0.0136. The largest absolute Gasteiger partial charge is 0.486 e. The molecule has 0 radical (unpaired) electrons. The Kier molecular flexibility index (Phi) is 5.60. The first-order valence-corrected chi connectivity index (χ1v) is 8.87. The lowest BCUT2D eigenvalue weighted by Gasteiger charge is -2.32. The quantitative estimate of drug-likeness (QED) is 0.789. The molecule has 1 aromatic heterocycles. The minimum Gasteiger partial charge on any atom is -0.486 e. The number of nitrogens with one attached hydrogen (secondary N) is 2. The number of ether oxygens (including phenoxy) is 2. The summed E-state index contributed by atoms with van der Waals surface area (Å²) in [5.74, 6) is -0.390. The lowest BCUT2D eigenvalue weighted by Crippen LogP contribution is -2.51. The van der Waals surface area contributed by atoms with Crippen LogP contribution in [-0.4, -0.2) is 42.0 Å². The molecule has 144 valence electrons. The third-order valence-electron chi connectivity index (χ3n) is 4.72. The molecule has 1 aliphatic rings. The van der Waals surface area contributed by atoms with Crippen LogP contribution in [0.15, 0.2) is 24.3 Å². The second kappa shape index (κ2) is 7.92. The van der Waals surface area contributed by atoms with Gasteiger partial charge in [-0.25, -0.2) is 4.39 Å². The van der Waals surface area contributed by atoms with Gasteiger partial charge in [-0.1, -0.05) is 6.07 Å². The average molecular weight is 374 g/mol. The highest BCUT2D eigenvalue weighted by molar-refractivity contribution is 6.02. The fourth-order valence-electron chi connectivity index (χ4n) is 3.39. The van der Waals surface area contributed by atoms with Crippen LogP contribution in [0.3, 0.4) is 0 Å². The number of aromatic amines is 1. The zero-order valence-corrected chi connectivity index (χ0v) is 15.6. The second-order valence-corrected chi connectivity index (χ2v) is 6.74. The number of carbonyl (C=O) groups is 2. The summed E-state index contributed by atoms with van der Waals surface area (Å²) < 4.78 is 24.7. The van der Waals surface area contributed by atoms with E-state index < -0.39 is 6.10 Å². The van der Waals surface area contributed by atoms with Crippen molar-refractivity contribution in [1.29, 1.82) is 0 Å². The SMILES string of the molecule is CC(=O)c1[nH]c(C)c(C(=O)N[C@@H]2CCOC[C@H]2Oc2cccc(F)c2)c1C. The molecule has 2 atom stereocenters. The third-order valence-corrected chi connectivity index (χ3v) is 4.72. The molecule has 0 unspecified atom stereocenters. The van der Waals surface area contributed by atoms with Crippen molar-refractivity contribution in [2.75, 3.05) is 13.2 Å². The highest BCUT2D eigenvalue weighted by atomic mass is 19.1. The molecule has 2 heterocycles. The predicted octanol–water partition coefficient (Wildman–Crippen LogP) is 2.94. The summed E-state index contributed by atoms with van der Waals surface area (Å²) in [5.41, 5.74) is 2.19. The topological polar surface area (TPSA) is 80.4 Å². The molecule has 2 aromatic rings. The van der Waals surface area contributed by atoms with Gasteiger partial charge >= 0.3 is 0 Å². The van der Waals surface area contributed by atoms with Crippen LogP contribution in [0.4, 0.5) is 4.39 Å². The fourth-order valence-corrected chi connectivity index (χ4v) is 3.39. The molecule has 1 aromatic carbocycles. The Bertz CT molecular complexity index is 862. The van der Waals surface area contributed by atoms with Crippen LogP contribution < -0.4 is 10.1 Å². The van der Waals surface area contributed by atoms with E-state index >= 15 is 0 Å². The fraction of sp³-hybridized carbons (Fsp3) is 0.400. The summed E-state index contributed by atoms with van der Waals surface area (Å²) in [4.78, 5) is 27.5. The van der Waals surface area contributed by atoms with E-state index in [4.69, 9.17) is 9.47 Å². The van der Waals surface area contributed by atoms with Crippen LogP contribution in [0.2, 0.25) is 0 Å². The molecule has 3 rings (SSSR count). The molecule has 7 heteroatoms. The van der Waals surface area contributed by atoms with E-state index in [1.807, 2.05) is 0 Å². The number of aromatic nitrogens is 1. The van der Waals surface area contributed by atoms with Crippen molar-refractivity contribution in [3.8, 4) is 5.75 Å². The van der Waals surface area contributed by atoms with Gasteiger partial charge in [0.25, 0.3) is 5.91 Å².